The molecule has 154 valence electrons. The molecule has 0 unspecified atom stereocenters. The fourth-order valence-corrected chi connectivity index (χ4v) is 3.17. The van der Waals surface area contributed by atoms with Gasteiger partial charge < -0.3 is 15.2 Å². The van der Waals surface area contributed by atoms with Gasteiger partial charge in [0.15, 0.2) is 0 Å². The Morgan fingerprint density at radius 3 is 2.55 bits per heavy atom. The number of benzene rings is 2. The molecule has 0 aliphatic rings. The fraction of sp³-hybridized carbons (Fsp3) is 0.0455. The van der Waals surface area contributed by atoms with Gasteiger partial charge in [0.05, 0.1) is 4.92 Å². The summed E-state index contributed by atoms with van der Waals surface area (Å²) in [5.41, 5.74) is 2.21. The number of fused-ring (bicyclic) bond motifs is 1. The van der Waals surface area contributed by atoms with Gasteiger partial charge in [0.25, 0.3) is 11.6 Å². The van der Waals surface area contributed by atoms with E-state index in [4.69, 9.17) is 0 Å². The van der Waals surface area contributed by atoms with Gasteiger partial charge in [-0.3, -0.25) is 24.7 Å². The lowest BCUT2D eigenvalue weighted by atomic mass is 10.2. The highest BCUT2D eigenvalue weighted by Crippen LogP contribution is 2.22. The summed E-state index contributed by atoms with van der Waals surface area (Å²) in [6, 6.07) is 16.2. The third kappa shape index (κ3) is 4.56. The second-order valence-corrected chi connectivity index (χ2v) is 6.76. The standard InChI is InChI=1S/C22H17N5O4/c28-21(14-26-11-8-15-13-19(27(30)31)4-5-20(15)26)24-18-3-1-2-16(12-18)22(29)25-17-6-9-23-10-7-17/h1-13H,14H2,(H,24,28)(H,23,25,29). The van der Waals surface area contributed by atoms with E-state index in [1.165, 1.54) is 12.1 Å². The SMILES string of the molecule is O=C(Cn1ccc2cc([N+](=O)[O-])ccc21)Nc1cccc(C(=O)Nc2ccncc2)c1. The molecule has 2 amide bonds. The molecule has 4 rings (SSSR count). The fourth-order valence-electron chi connectivity index (χ4n) is 3.17. The topological polar surface area (TPSA) is 119 Å². The molecule has 4 aromatic rings. The third-order valence-corrected chi connectivity index (χ3v) is 4.63. The van der Waals surface area contributed by atoms with Gasteiger partial charge in [-0.2, -0.15) is 0 Å². The average molecular weight is 415 g/mol. The summed E-state index contributed by atoms with van der Waals surface area (Å²) in [6.45, 7) is 0.0226. The Bertz CT molecular complexity index is 1280. The van der Waals surface area contributed by atoms with Crippen LogP contribution in [0.3, 0.4) is 0 Å². The van der Waals surface area contributed by atoms with E-state index in [2.05, 4.69) is 15.6 Å². The Morgan fingerprint density at radius 2 is 1.77 bits per heavy atom. The Hall–Kier alpha value is -4.53. The first-order valence-electron chi connectivity index (χ1n) is 9.34. The maximum atomic E-state index is 12.5. The van der Waals surface area contributed by atoms with Crippen LogP contribution < -0.4 is 10.6 Å². The number of anilines is 2. The lowest BCUT2D eigenvalue weighted by molar-refractivity contribution is -0.384. The summed E-state index contributed by atoms with van der Waals surface area (Å²) in [5.74, 6) is -0.595. The van der Waals surface area contributed by atoms with Gasteiger partial charge in [0.1, 0.15) is 6.54 Å². The van der Waals surface area contributed by atoms with Crippen molar-refractivity contribution in [3.8, 4) is 0 Å². The summed E-state index contributed by atoms with van der Waals surface area (Å²) in [6.07, 6.45) is 4.86. The zero-order chi connectivity index (χ0) is 21.8. The van der Waals surface area contributed by atoms with Crippen molar-refractivity contribution >= 4 is 39.8 Å². The number of nitrogens with one attached hydrogen (secondary N) is 2. The number of aromatic nitrogens is 2. The first kappa shape index (κ1) is 19.8. The van der Waals surface area contributed by atoms with Gasteiger partial charge in [0.2, 0.25) is 5.91 Å². The minimum Gasteiger partial charge on any atom is -0.338 e. The van der Waals surface area contributed by atoms with Crippen molar-refractivity contribution in [3.05, 3.63) is 94.9 Å². The first-order valence-corrected chi connectivity index (χ1v) is 9.34. The molecular formula is C22H17N5O4. The Kier molecular flexibility index (Phi) is 5.39. The van der Waals surface area contributed by atoms with Crippen LogP contribution in [0.1, 0.15) is 10.4 Å². The second-order valence-electron chi connectivity index (χ2n) is 6.76. The molecule has 0 saturated carbocycles. The molecule has 0 spiro atoms. The quantitative estimate of drug-likeness (QED) is 0.366. The van der Waals surface area contributed by atoms with E-state index in [-0.39, 0.29) is 24.0 Å². The summed E-state index contributed by atoms with van der Waals surface area (Å²) >= 11 is 0. The van der Waals surface area contributed by atoms with Gasteiger partial charge in [-0.15, -0.1) is 0 Å². The van der Waals surface area contributed by atoms with Crippen molar-refractivity contribution in [2.75, 3.05) is 10.6 Å². The molecule has 0 aliphatic carbocycles. The normalized spacial score (nSPS) is 10.6. The largest absolute Gasteiger partial charge is 0.338 e. The van der Waals surface area contributed by atoms with E-state index in [9.17, 15) is 19.7 Å². The van der Waals surface area contributed by atoms with Crippen molar-refractivity contribution in [1.29, 1.82) is 0 Å². The molecule has 2 aromatic heterocycles. The number of carbonyl (C=O) groups excluding carboxylic acids is 2. The summed E-state index contributed by atoms with van der Waals surface area (Å²) in [7, 11) is 0. The van der Waals surface area contributed by atoms with Crippen LogP contribution in [0, 0.1) is 10.1 Å². The van der Waals surface area contributed by atoms with Crippen LogP contribution in [-0.4, -0.2) is 26.3 Å². The Labute approximate surface area is 176 Å². The maximum Gasteiger partial charge on any atom is 0.270 e. The Morgan fingerprint density at radius 1 is 0.968 bits per heavy atom. The summed E-state index contributed by atoms with van der Waals surface area (Å²) < 4.78 is 1.70. The van der Waals surface area contributed by atoms with Crippen molar-refractivity contribution in [2.45, 2.75) is 6.54 Å². The highest BCUT2D eigenvalue weighted by atomic mass is 16.6. The molecule has 9 heteroatoms. The molecule has 0 bridgehead atoms. The predicted octanol–water partition coefficient (Wildman–Crippen LogP) is 3.84. The van der Waals surface area contributed by atoms with Gasteiger partial charge in [-0.1, -0.05) is 6.07 Å². The molecule has 2 heterocycles. The molecule has 0 saturated heterocycles. The number of pyridine rings is 1. The molecule has 2 aromatic carbocycles. The van der Waals surface area contributed by atoms with Crippen LogP contribution >= 0.6 is 0 Å². The van der Waals surface area contributed by atoms with Crippen LogP contribution in [0.5, 0.6) is 0 Å². The molecule has 0 fully saturated rings. The maximum absolute atomic E-state index is 12.5. The van der Waals surface area contributed by atoms with Crippen molar-refractivity contribution in [3.63, 3.8) is 0 Å². The van der Waals surface area contributed by atoms with E-state index in [0.717, 1.165) is 0 Å². The van der Waals surface area contributed by atoms with Gasteiger partial charge in [-0.05, 0) is 42.5 Å². The average Bonchev–Trinajstić information content (AvgIpc) is 3.16. The highest BCUT2D eigenvalue weighted by Gasteiger charge is 2.12. The Balaban J connectivity index is 1.44. The lowest BCUT2D eigenvalue weighted by Gasteiger charge is -2.09. The molecule has 2 N–H and O–H groups in total. The van der Waals surface area contributed by atoms with Gasteiger partial charge >= 0.3 is 0 Å². The number of nitro benzene ring substituents is 1. The number of nitro groups is 1. The number of hydrogen-bond acceptors (Lipinski definition) is 5. The zero-order valence-electron chi connectivity index (χ0n) is 16.2. The summed E-state index contributed by atoms with van der Waals surface area (Å²) in [4.78, 5) is 39.3. The summed E-state index contributed by atoms with van der Waals surface area (Å²) in [5, 5.41) is 17.1. The number of nitrogens with zero attached hydrogens (tertiary/aromatic N) is 3. The molecule has 31 heavy (non-hydrogen) atoms. The molecule has 0 radical (unpaired) electrons. The van der Waals surface area contributed by atoms with Crippen LogP contribution in [0.4, 0.5) is 17.1 Å². The van der Waals surface area contributed by atoms with Crippen molar-refractivity contribution < 1.29 is 14.5 Å². The van der Waals surface area contributed by atoms with Gasteiger partial charge in [-0.25, -0.2) is 0 Å². The zero-order valence-corrected chi connectivity index (χ0v) is 16.2. The number of hydrogen-bond donors (Lipinski definition) is 2. The minimum atomic E-state index is -0.457. The third-order valence-electron chi connectivity index (χ3n) is 4.63. The number of rotatable bonds is 6. The molecular weight excluding hydrogens is 398 g/mol. The number of non-ortho nitro benzene ring substituents is 1. The predicted molar refractivity (Wildman–Crippen MR) is 116 cm³/mol. The molecule has 0 atom stereocenters. The van der Waals surface area contributed by atoms with E-state index in [1.54, 1.807) is 71.7 Å². The van der Waals surface area contributed by atoms with E-state index < -0.39 is 4.92 Å². The van der Waals surface area contributed by atoms with E-state index in [0.29, 0.717) is 27.8 Å². The lowest BCUT2D eigenvalue weighted by Crippen LogP contribution is -2.19. The van der Waals surface area contributed by atoms with Crippen LogP contribution in [0.15, 0.2) is 79.3 Å². The molecule has 0 aliphatic heterocycles. The van der Waals surface area contributed by atoms with Crippen molar-refractivity contribution in [1.82, 2.24) is 9.55 Å². The van der Waals surface area contributed by atoms with Crippen LogP contribution in [0.25, 0.3) is 10.9 Å². The minimum absolute atomic E-state index is 0.00319. The van der Waals surface area contributed by atoms with Gasteiger partial charge in [0, 0.05) is 58.6 Å². The van der Waals surface area contributed by atoms with Crippen molar-refractivity contribution in [2.24, 2.45) is 0 Å². The van der Waals surface area contributed by atoms with Crippen LogP contribution in [0.2, 0.25) is 0 Å². The number of amides is 2. The van der Waals surface area contributed by atoms with Crippen LogP contribution in [-0.2, 0) is 11.3 Å². The van der Waals surface area contributed by atoms with E-state index in [1.807, 2.05) is 0 Å². The first-order chi connectivity index (χ1) is 15.0. The van der Waals surface area contributed by atoms with E-state index >= 15 is 0 Å². The smallest absolute Gasteiger partial charge is 0.270 e. The molecule has 9 nitrogen and oxygen atoms in total. The number of carbonyl (C=O) groups is 2. The second kappa shape index (κ2) is 8.46. The highest BCUT2D eigenvalue weighted by molar-refractivity contribution is 6.05. The monoisotopic (exact) mass is 415 g/mol.